The molecular formula is C20H24N4O2. The maximum atomic E-state index is 12.4. The van der Waals surface area contributed by atoms with E-state index in [-0.39, 0.29) is 11.9 Å². The van der Waals surface area contributed by atoms with Crippen LogP contribution in [0.4, 0.5) is 0 Å². The van der Waals surface area contributed by atoms with Gasteiger partial charge in [0.15, 0.2) is 0 Å². The van der Waals surface area contributed by atoms with Crippen molar-refractivity contribution in [1.82, 2.24) is 14.7 Å². The summed E-state index contributed by atoms with van der Waals surface area (Å²) in [6, 6.07) is 11.3. The fraction of sp³-hybridized carbons (Fsp3) is 0.300. The molecule has 0 radical (unpaired) electrons. The maximum absolute atomic E-state index is 12.4. The first-order valence-corrected chi connectivity index (χ1v) is 8.73. The molecule has 0 aliphatic heterocycles. The Labute approximate surface area is 153 Å². The standard InChI is InChI=1S/C20H24N4O2/c1-14-6-5-11-24-12-16(23-19(14)24)13-26-18-8-4-3-7-17(18)20(25)22-10-9-15(2)21/h3-8,11-12,15H,9-10,13,21H2,1-2H3,(H,22,25). The first-order valence-electron chi connectivity index (χ1n) is 8.73. The molecule has 0 spiro atoms. The molecule has 0 saturated carbocycles. The number of hydrogen-bond acceptors (Lipinski definition) is 4. The number of ether oxygens (including phenoxy) is 1. The first-order chi connectivity index (χ1) is 12.5. The molecular weight excluding hydrogens is 328 g/mol. The molecule has 0 aliphatic carbocycles. The Morgan fingerprint density at radius 3 is 2.88 bits per heavy atom. The number of nitrogens with two attached hydrogens (primary N) is 1. The van der Waals surface area contributed by atoms with Crippen LogP contribution >= 0.6 is 0 Å². The molecule has 3 rings (SSSR count). The predicted molar refractivity (Wildman–Crippen MR) is 101 cm³/mol. The van der Waals surface area contributed by atoms with Gasteiger partial charge in [-0.15, -0.1) is 0 Å². The van der Waals surface area contributed by atoms with Crippen molar-refractivity contribution in [3.05, 3.63) is 65.6 Å². The van der Waals surface area contributed by atoms with Crippen LogP contribution in [0, 0.1) is 6.92 Å². The predicted octanol–water partition coefficient (Wildman–Crippen LogP) is 2.69. The Balaban J connectivity index is 1.69. The molecule has 0 saturated heterocycles. The van der Waals surface area contributed by atoms with Crippen molar-refractivity contribution in [3.8, 4) is 5.75 Å². The first kappa shape index (κ1) is 17.9. The number of nitrogens with zero attached hydrogens (tertiary/aromatic N) is 2. The van der Waals surface area contributed by atoms with Gasteiger partial charge in [0, 0.05) is 25.0 Å². The Morgan fingerprint density at radius 2 is 2.12 bits per heavy atom. The number of aryl methyl sites for hydroxylation is 1. The highest BCUT2D eigenvalue weighted by Crippen LogP contribution is 2.20. The largest absolute Gasteiger partial charge is 0.486 e. The lowest BCUT2D eigenvalue weighted by Gasteiger charge is -2.11. The molecule has 136 valence electrons. The number of fused-ring (bicyclic) bond motifs is 1. The van der Waals surface area contributed by atoms with Crippen molar-refractivity contribution in [2.75, 3.05) is 6.54 Å². The van der Waals surface area contributed by atoms with Gasteiger partial charge in [-0.25, -0.2) is 4.98 Å². The number of pyridine rings is 1. The molecule has 3 aromatic rings. The van der Waals surface area contributed by atoms with Crippen molar-refractivity contribution >= 4 is 11.6 Å². The zero-order chi connectivity index (χ0) is 18.5. The quantitative estimate of drug-likeness (QED) is 0.685. The highest BCUT2D eigenvalue weighted by atomic mass is 16.5. The molecule has 1 aromatic carbocycles. The topological polar surface area (TPSA) is 81.7 Å². The van der Waals surface area contributed by atoms with Crippen LogP contribution in [-0.4, -0.2) is 27.9 Å². The van der Waals surface area contributed by atoms with E-state index in [4.69, 9.17) is 10.5 Å². The van der Waals surface area contributed by atoms with Crippen molar-refractivity contribution in [1.29, 1.82) is 0 Å². The van der Waals surface area contributed by atoms with Gasteiger partial charge in [-0.2, -0.15) is 0 Å². The summed E-state index contributed by atoms with van der Waals surface area (Å²) in [7, 11) is 0. The summed E-state index contributed by atoms with van der Waals surface area (Å²) in [6.07, 6.45) is 4.63. The number of imidazole rings is 1. The number of benzene rings is 1. The fourth-order valence-electron chi connectivity index (χ4n) is 2.71. The van der Waals surface area contributed by atoms with Crippen molar-refractivity contribution in [2.45, 2.75) is 32.9 Å². The van der Waals surface area contributed by atoms with E-state index in [1.807, 2.05) is 54.9 Å². The van der Waals surface area contributed by atoms with E-state index in [0.717, 1.165) is 23.3 Å². The molecule has 2 aromatic heterocycles. The van der Waals surface area contributed by atoms with Gasteiger partial charge in [0.1, 0.15) is 18.0 Å². The van der Waals surface area contributed by atoms with Gasteiger partial charge in [0.25, 0.3) is 5.91 Å². The summed E-state index contributed by atoms with van der Waals surface area (Å²) in [5.74, 6) is 0.381. The van der Waals surface area contributed by atoms with Crippen LogP contribution in [0.5, 0.6) is 5.75 Å². The van der Waals surface area contributed by atoms with Crippen LogP contribution < -0.4 is 15.8 Å². The highest BCUT2D eigenvalue weighted by Gasteiger charge is 2.13. The summed E-state index contributed by atoms with van der Waals surface area (Å²) in [5.41, 5.74) is 9.05. The van der Waals surface area contributed by atoms with Crippen molar-refractivity contribution in [2.24, 2.45) is 5.73 Å². The molecule has 0 aliphatic rings. The second kappa shape index (κ2) is 8.01. The lowest BCUT2D eigenvalue weighted by molar-refractivity contribution is 0.0948. The van der Waals surface area contributed by atoms with Crippen molar-refractivity contribution in [3.63, 3.8) is 0 Å². The number of hydrogen-bond donors (Lipinski definition) is 2. The zero-order valence-corrected chi connectivity index (χ0v) is 15.1. The molecule has 0 bridgehead atoms. The smallest absolute Gasteiger partial charge is 0.255 e. The minimum Gasteiger partial charge on any atom is -0.486 e. The zero-order valence-electron chi connectivity index (χ0n) is 15.1. The maximum Gasteiger partial charge on any atom is 0.255 e. The number of para-hydroxylation sites is 1. The SMILES string of the molecule is Cc1cccn2cc(COc3ccccc3C(=O)NCCC(C)N)nc12. The summed E-state index contributed by atoms with van der Waals surface area (Å²) in [6.45, 7) is 4.77. The molecule has 0 fully saturated rings. The van der Waals surface area contributed by atoms with E-state index in [1.165, 1.54) is 0 Å². The third-order valence-electron chi connectivity index (χ3n) is 4.12. The third kappa shape index (κ3) is 4.21. The van der Waals surface area contributed by atoms with Gasteiger partial charge in [-0.1, -0.05) is 18.2 Å². The number of amides is 1. The van der Waals surface area contributed by atoms with Crippen LogP contribution in [0.1, 0.15) is 35.0 Å². The summed E-state index contributed by atoms with van der Waals surface area (Å²) in [4.78, 5) is 17.0. The van der Waals surface area contributed by atoms with Crippen LogP contribution in [0.15, 0.2) is 48.8 Å². The average Bonchev–Trinajstić information content (AvgIpc) is 3.04. The van der Waals surface area contributed by atoms with E-state index in [1.54, 1.807) is 12.1 Å². The third-order valence-corrected chi connectivity index (χ3v) is 4.12. The van der Waals surface area contributed by atoms with Crippen molar-refractivity contribution < 1.29 is 9.53 Å². The van der Waals surface area contributed by atoms with Gasteiger partial charge >= 0.3 is 0 Å². The Morgan fingerprint density at radius 1 is 1.31 bits per heavy atom. The Hall–Kier alpha value is -2.86. The molecule has 6 nitrogen and oxygen atoms in total. The molecule has 1 unspecified atom stereocenters. The molecule has 3 N–H and O–H groups in total. The molecule has 1 amide bonds. The number of nitrogens with one attached hydrogen (secondary N) is 1. The van der Waals surface area contributed by atoms with Gasteiger partial charge in [-0.05, 0) is 44.0 Å². The lowest BCUT2D eigenvalue weighted by Crippen LogP contribution is -2.29. The van der Waals surface area contributed by atoms with Gasteiger partial charge in [0.2, 0.25) is 0 Å². The minimum atomic E-state index is -0.160. The second-order valence-electron chi connectivity index (χ2n) is 6.46. The number of aromatic nitrogens is 2. The fourth-order valence-corrected chi connectivity index (χ4v) is 2.71. The van der Waals surface area contributed by atoms with E-state index < -0.39 is 0 Å². The monoisotopic (exact) mass is 352 g/mol. The summed E-state index contributed by atoms with van der Waals surface area (Å²) >= 11 is 0. The van der Waals surface area contributed by atoms with Gasteiger partial charge in [0.05, 0.1) is 11.3 Å². The van der Waals surface area contributed by atoms with Gasteiger partial charge in [-0.3, -0.25) is 4.79 Å². The Kier molecular flexibility index (Phi) is 5.53. The Bertz CT molecular complexity index is 902. The van der Waals surface area contributed by atoms with E-state index >= 15 is 0 Å². The molecule has 1 atom stereocenters. The van der Waals surface area contributed by atoms with E-state index in [9.17, 15) is 4.79 Å². The molecule has 6 heteroatoms. The molecule has 2 heterocycles. The van der Waals surface area contributed by atoms with E-state index in [0.29, 0.717) is 24.5 Å². The average molecular weight is 352 g/mol. The summed E-state index contributed by atoms with van der Waals surface area (Å²) < 4.78 is 7.85. The lowest BCUT2D eigenvalue weighted by atomic mass is 10.2. The molecule has 26 heavy (non-hydrogen) atoms. The van der Waals surface area contributed by atoms with Crippen LogP contribution in [-0.2, 0) is 6.61 Å². The van der Waals surface area contributed by atoms with Crippen LogP contribution in [0.25, 0.3) is 5.65 Å². The highest BCUT2D eigenvalue weighted by molar-refractivity contribution is 5.96. The number of carbonyl (C=O) groups is 1. The second-order valence-corrected chi connectivity index (χ2v) is 6.46. The van der Waals surface area contributed by atoms with Crippen LogP contribution in [0.2, 0.25) is 0 Å². The summed E-state index contributed by atoms with van der Waals surface area (Å²) in [5, 5.41) is 2.88. The number of carbonyl (C=O) groups excluding carboxylic acids is 1. The minimum absolute atomic E-state index is 0.0558. The van der Waals surface area contributed by atoms with E-state index in [2.05, 4.69) is 10.3 Å². The normalized spacial score (nSPS) is 12.1. The van der Waals surface area contributed by atoms with Gasteiger partial charge < -0.3 is 20.2 Å². The number of rotatable bonds is 7. The van der Waals surface area contributed by atoms with Crippen LogP contribution in [0.3, 0.4) is 0 Å².